The molecule has 8 heteroatoms. The van der Waals surface area contributed by atoms with E-state index in [4.69, 9.17) is 4.99 Å². The topological polar surface area (TPSA) is 30.9 Å². The fraction of sp³-hybridized carbons (Fsp3) is 0.528. The van der Waals surface area contributed by atoms with Crippen molar-refractivity contribution in [3.05, 3.63) is 88.5 Å². The van der Waals surface area contributed by atoms with Gasteiger partial charge in [0.25, 0.3) is 5.92 Å². The summed E-state index contributed by atoms with van der Waals surface area (Å²) in [4.78, 5) is 7.16. The van der Waals surface area contributed by atoms with E-state index in [0.717, 1.165) is 59.0 Å². The van der Waals surface area contributed by atoms with Gasteiger partial charge in [-0.25, -0.2) is 13.2 Å². The number of piperidine rings is 1. The number of rotatable bonds is 1. The van der Waals surface area contributed by atoms with Crippen molar-refractivity contribution in [3.8, 4) is 0 Å². The summed E-state index contributed by atoms with van der Waals surface area (Å²) in [6, 6.07) is 11.1. The molecule has 1 N–H and O–H groups in total. The fourth-order valence-corrected chi connectivity index (χ4v) is 8.31. The molecule has 2 saturated heterocycles. The molecule has 4 nitrogen and oxygen atoms in total. The molecular weight excluding hydrogens is 577 g/mol. The molecule has 2 fully saturated rings. The molecule has 7 rings (SSSR count). The first-order chi connectivity index (χ1) is 21.2. The number of nitrogens with one attached hydrogen (secondary N) is 1. The van der Waals surface area contributed by atoms with Gasteiger partial charge in [-0.05, 0) is 111 Å². The molecule has 8 bridgehead atoms. The predicted molar refractivity (Wildman–Crippen MR) is 177 cm³/mol. The van der Waals surface area contributed by atoms with Gasteiger partial charge in [-0.15, -0.1) is 0 Å². The largest absolute Gasteiger partial charge is 0.300 e. The van der Waals surface area contributed by atoms with E-state index >= 15 is 8.78 Å². The van der Waals surface area contributed by atoms with Crippen LogP contribution in [-0.4, -0.2) is 60.1 Å². The molecule has 236 valence electrons. The molecule has 2 aromatic rings. The first-order valence-electron chi connectivity index (χ1n) is 16.2. The van der Waals surface area contributed by atoms with Gasteiger partial charge in [-0.3, -0.25) is 15.4 Å². The van der Waals surface area contributed by atoms with E-state index in [-0.39, 0.29) is 11.6 Å². The van der Waals surface area contributed by atoms with E-state index in [2.05, 4.69) is 36.3 Å². The Hall–Kier alpha value is -2.71. The standard InChI is InChI=1S/C36H45F3N4S/c1-24-27-9-7-10-31(21-27)36(38,39)30-12-16-43(17-13-30)23-32(37)11-6-4-5-8-28-20-29(26-14-18-44-19-15-26)22-33-34(28)25(2)42(3)41-35(33)40-24/h4-5,7,9-10,20-22,24,26,30,32H,2,6,8,11-19,23H2,1,3H3,(H,40,41)/b5-4-/t24-,32?/m1/s1. The summed E-state index contributed by atoms with van der Waals surface area (Å²) in [6.45, 7) is 7.71. The molecule has 0 spiro atoms. The summed E-state index contributed by atoms with van der Waals surface area (Å²) >= 11 is 2.02. The molecule has 5 aliphatic heterocycles. The van der Waals surface area contributed by atoms with Crippen molar-refractivity contribution in [2.24, 2.45) is 10.9 Å². The number of fused-ring (bicyclic) bond motifs is 8. The summed E-state index contributed by atoms with van der Waals surface area (Å²) in [5.74, 6) is -0.174. The molecule has 0 aromatic heterocycles. The van der Waals surface area contributed by atoms with E-state index in [9.17, 15) is 4.39 Å². The molecule has 1 unspecified atom stereocenters. The van der Waals surface area contributed by atoms with Crippen molar-refractivity contribution in [2.75, 3.05) is 38.2 Å². The van der Waals surface area contributed by atoms with Crippen LogP contribution in [0.5, 0.6) is 0 Å². The second-order valence-electron chi connectivity index (χ2n) is 12.9. The van der Waals surface area contributed by atoms with E-state index in [1.54, 1.807) is 18.2 Å². The van der Waals surface area contributed by atoms with Gasteiger partial charge < -0.3 is 4.90 Å². The molecule has 0 saturated carbocycles. The number of hydrazine groups is 1. The van der Waals surface area contributed by atoms with Crippen LogP contribution >= 0.6 is 11.8 Å². The number of alkyl halides is 3. The summed E-state index contributed by atoms with van der Waals surface area (Å²) in [7, 11) is 1.94. The lowest BCUT2D eigenvalue weighted by Gasteiger charge is -2.36. The summed E-state index contributed by atoms with van der Waals surface area (Å²) in [5.41, 5.74) is 9.71. The molecule has 0 amide bonds. The van der Waals surface area contributed by atoms with E-state index in [1.165, 1.54) is 11.1 Å². The highest BCUT2D eigenvalue weighted by Crippen LogP contribution is 2.43. The van der Waals surface area contributed by atoms with Gasteiger partial charge in [0, 0.05) is 36.2 Å². The minimum Gasteiger partial charge on any atom is -0.300 e. The molecule has 44 heavy (non-hydrogen) atoms. The fourth-order valence-electron chi connectivity index (χ4n) is 7.20. The zero-order chi connectivity index (χ0) is 30.8. The third kappa shape index (κ3) is 6.62. The van der Waals surface area contributed by atoms with Crippen LogP contribution < -0.4 is 5.43 Å². The van der Waals surface area contributed by atoms with Gasteiger partial charge in [-0.1, -0.05) is 43.0 Å². The SMILES string of the molecule is C=C1c2c3cc(C4CCSCC4)cc2C(=N[C@H](C)c2cccc(c2)C(F)(F)C2CCN(CC2)CC(F)CC/C=C\C3)NN1C. The number of thioether (sulfide) groups is 1. The van der Waals surface area contributed by atoms with Gasteiger partial charge in [0.2, 0.25) is 0 Å². The quantitative estimate of drug-likeness (QED) is 0.325. The molecule has 2 aromatic carbocycles. The Kier molecular flexibility index (Phi) is 9.48. The average Bonchev–Trinajstić information content (AvgIpc) is 3.03. The van der Waals surface area contributed by atoms with Crippen molar-refractivity contribution < 1.29 is 13.2 Å². The number of nitrogens with zero attached hydrogens (tertiary/aromatic N) is 3. The highest BCUT2D eigenvalue weighted by molar-refractivity contribution is 7.99. The number of benzene rings is 2. The van der Waals surface area contributed by atoms with Crippen LogP contribution in [0.4, 0.5) is 13.2 Å². The normalized spacial score (nSPS) is 28.9. The van der Waals surface area contributed by atoms with E-state index in [1.807, 2.05) is 41.7 Å². The van der Waals surface area contributed by atoms with E-state index < -0.39 is 18.0 Å². The van der Waals surface area contributed by atoms with Gasteiger partial charge in [0.05, 0.1) is 11.7 Å². The number of hydrogen-bond acceptors (Lipinski definition) is 5. The van der Waals surface area contributed by atoms with Gasteiger partial charge in [0.15, 0.2) is 0 Å². The maximum Gasteiger partial charge on any atom is 0.276 e. The van der Waals surface area contributed by atoms with Gasteiger partial charge >= 0.3 is 0 Å². The maximum atomic E-state index is 15.9. The Morgan fingerprint density at radius 1 is 1.00 bits per heavy atom. The number of halogens is 3. The summed E-state index contributed by atoms with van der Waals surface area (Å²) < 4.78 is 46.8. The number of hydrogen-bond donors (Lipinski definition) is 1. The molecule has 5 aliphatic rings. The monoisotopic (exact) mass is 622 g/mol. The Morgan fingerprint density at radius 2 is 1.77 bits per heavy atom. The molecule has 0 radical (unpaired) electrons. The Labute approximate surface area is 264 Å². The van der Waals surface area contributed by atoms with Crippen LogP contribution in [0.25, 0.3) is 5.70 Å². The lowest BCUT2D eigenvalue weighted by atomic mass is 9.85. The minimum absolute atomic E-state index is 0.0445. The minimum atomic E-state index is -2.96. The van der Waals surface area contributed by atoms with Crippen LogP contribution in [-0.2, 0) is 12.3 Å². The average molecular weight is 623 g/mol. The third-order valence-electron chi connectivity index (χ3n) is 9.94. The van der Waals surface area contributed by atoms with Crippen molar-refractivity contribution in [1.29, 1.82) is 0 Å². The van der Waals surface area contributed by atoms with Crippen molar-refractivity contribution in [1.82, 2.24) is 15.3 Å². The summed E-state index contributed by atoms with van der Waals surface area (Å²) in [5, 5.41) is 1.90. The van der Waals surface area contributed by atoms with Crippen LogP contribution in [0.3, 0.4) is 0 Å². The number of aliphatic imine (C=N–C) groups is 1. The van der Waals surface area contributed by atoms with Crippen LogP contribution in [0.2, 0.25) is 0 Å². The molecule has 2 atom stereocenters. The van der Waals surface area contributed by atoms with Gasteiger partial charge in [0.1, 0.15) is 12.0 Å². The predicted octanol–water partition coefficient (Wildman–Crippen LogP) is 8.26. The second kappa shape index (κ2) is 13.3. The van der Waals surface area contributed by atoms with Crippen LogP contribution in [0.1, 0.15) is 90.8 Å². The third-order valence-corrected chi connectivity index (χ3v) is 11.0. The highest BCUT2D eigenvalue weighted by atomic mass is 32.2. The number of allylic oxidation sites excluding steroid dienone is 2. The van der Waals surface area contributed by atoms with Crippen LogP contribution in [0, 0.1) is 5.92 Å². The van der Waals surface area contributed by atoms with Crippen molar-refractivity contribution in [2.45, 2.75) is 75.9 Å². The zero-order valence-electron chi connectivity index (χ0n) is 26.0. The van der Waals surface area contributed by atoms with Crippen molar-refractivity contribution >= 4 is 23.3 Å². The lowest BCUT2D eigenvalue weighted by molar-refractivity contribution is -0.0865. The van der Waals surface area contributed by atoms with Gasteiger partial charge in [-0.2, -0.15) is 11.8 Å². The highest BCUT2D eigenvalue weighted by Gasteiger charge is 2.43. The Morgan fingerprint density at radius 3 is 2.55 bits per heavy atom. The first-order valence-corrected chi connectivity index (χ1v) is 17.4. The summed E-state index contributed by atoms with van der Waals surface area (Å²) in [6.07, 6.45) is 8.13. The second-order valence-corrected chi connectivity index (χ2v) is 14.2. The van der Waals surface area contributed by atoms with Crippen LogP contribution in [0.15, 0.2) is 60.1 Å². The van der Waals surface area contributed by atoms with Crippen molar-refractivity contribution in [3.63, 3.8) is 0 Å². The Balaban J connectivity index is 1.43. The lowest BCUT2D eigenvalue weighted by Crippen LogP contribution is -2.43. The van der Waals surface area contributed by atoms with E-state index in [0.29, 0.717) is 51.2 Å². The zero-order valence-corrected chi connectivity index (χ0v) is 26.8. The number of amidine groups is 1. The maximum absolute atomic E-state index is 15.9. The Bertz CT molecular complexity index is 1410. The molecular formula is C36H45F3N4S. The molecule has 5 heterocycles. The first kappa shape index (κ1) is 31.3. The molecule has 0 aliphatic carbocycles. The smallest absolute Gasteiger partial charge is 0.276 e.